The number of pyridine rings is 1. The van der Waals surface area contributed by atoms with Crippen LogP contribution < -0.4 is 0 Å². The lowest BCUT2D eigenvalue weighted by atomic mass is 10.0. The standard InChI is InChI=1S/C19H13ClFN3OS/c20-12-3-1-11(2-4-12)17(25)14-9-16(13-5-6-22-10-15(13)21)26-18(14)19-23-7-8-24-19/h1-10,17,25H,(H,23,24). The van der Waals surface area contributed by atoms with Gasteiger partial charge in [0.15, 0.2) is 0 Å². The first-order valence-corrected chi connectivity index (χ1v) is 9.00. The lowest BCUT2D eigenvalue weighted by molar-refractivity contribution is 0.221. The van der Waals surface area contributed by atoms with E-state index in [1.165, 1.54) is 17.5 Å². The van der Waals surface area contributed by atoms with Crippen molar-refractivity contribution < 1.29 is 9.50 Å². The Morgan fingerprint density at radius 1 is 1.15 bits per heavy atom. The van der Waals surface area contributed by atoms with Crippen molar-refractivity contribution >= 4 is 22.9 Å². The van der Waals surface area contributed by atoms with Crippen LogP contribution in [0.4, 0.5) is 4.39 Å². The Morgan fingerprint density at radius 3 is 2.65 bits per heavy atom. The maximum Gasteiger partial charge on any atom is 0.150 e. The van der Waals surface area contributed by atoms with E-state index in [9.17, 15) is 9.50 Å². The van der Waals surface area contributed by atoms with Crippen molar-refractivity contribution in [1.82, 2.24) is 15.0 Å². The van der Waals surface area contributed by atoms with E-state index in [0.717, 1.165) is 4.88 Å². The molecule has 0 saturated heterocycles. The van der Waals surface area contributed by atoms with Crippen LogP contribution in [0.1, 0.15) is 17.2 Å². The summed E-state index contributed by atoms with van der Waals surface area (Å²) in [6, 6.07) is 10.4. The van der Waals surface area contributed by atoms with E-state index in [4.69, 9.17) is 11.6 Å². The minimum atomic E-state index is -0.887. The van der Waals surface area contributed by atoms with Crippen molar-refractivity contribution in [3.8, 4) is 21.1 Å². The number of hydrogen-bond acceptors (Lipinski definition) is 4. The van der Waals surface area contributed by atoms with Gasteiger partial charge in [0.1, 0.15) is 17.7 Å². The molecule has 1 atom stereocenters. The molecule has 1 unspecified atom stereocenters. The van der Waals surface area contributed by atoms with Crippen LogP contribution in [0.15, 0.2) is 61.2 Å². The number of halogens is 2. The number of imidazole rings is 1. The Morgan fingerprint density at radius 2 is 1.96 bits per heavy atom. The number of hydrogen-bond donors (Lipinski definition) is 2. The monoisotopic (exact) mass is 385 g/mol. The molecule has 130 valence electrons. The van der Waals surface area contributed by atoms with Crippen LogP contribution in [0.2, 0.25) is 5.02 Å². The fourth-order valence-corrected chi connectivity index (χ4v) is 4.02. The number of aliphatic hydroxyl groups excluding tert-OH is 1. The van der Waals surface area contributed by atoms with E-state index < -0.39 is 11.9 Å². The molecule has 2 N–H and O–H groups in total. The van der Waals surface area contributed by atoms with Crippen LogP contribution in [0, 0.1) is 5.82 Å². The van der Waals surface area contributed by atoms with Crippen LogP contribution in [0.25, 0.3) is 21.1 Å². The first-order valence-electron chi connectivity index (χ1n) is 7.80. The predicted molar refractivity (Wildman–Crippen MR) is 101 cm³/mol. The highest BCUT2D eigenvalue weighted by molar-refractivity contribution is 7.19. The third-order valence-corrected chi connectivity index (χ3v) is 5.44. The molecule has 0 fully saturated rings. The number of H-pyrrole nitrogens is 1. The predicted octanol–water partition coefficient (Wildman–Crippen LogP) is 5.07. The quantitative estimate of drug-likeness (QED) is 0.515. The van der Waals surface area contributed by atoms with E-state index >= 15 is 0 Å². The molecule has 3 heterocycles. The molecule has 0 spiro atoms. The average molecular weight is 386 g/mol. The number of aliphatic hydroxyl groups is 1. The Kier molecular flexibility index (Phi) is 4.55. The fraction of sp³-hybridized carbons (Fsp3) is 0.0526. The first-order chi connectivity index (χ1) is 12.6. The zero-order chi connectivity index (χ0) is 18.1. The van der Waals surface area contributed by atoms with Gasteiger partial charge in [0, 0.05) is 39.6 Å². The molecule has 4 aromatic rings. The van der Waals surface area contributed by atoms with Crippen LogP contribution in [-0.4, -0.2) is 20.1 Å². The second-order valence-corrected chi connectivity index (χ2v) is 7.13. The summed E-state index contributed by atoms with van der Waals surface area (Å²) < 4.78 is 14.2. The van der Waals surface area contributed by atoms with Crippen molar-refractivity contribution in [2.75, 3.05) is 0 Å². The molecule has 0 bridgehead atoms. The van der Waals surface area contributed by atoms with Gasteiger partial charge in [-0.1, -0.05) is 23.7 Å². The highest BCUT2D eigenvalue weighted by atomic mass is 35.5. The van der Waals surface area contributed by atoms with E-state index in [2.05, 4.69) is 15.0 Å². The summed E-state index contributed by atoms with van der Waals surface area (Å²) >= 11 is 7.30. The number of nitrogens with zero attached hydrogens (tertiary/aromatic N) is 2. The molecule has 4 rings (SSSR count). The van der Waals surface area contributed by atoms with Crippen molar-refractivity contribution in [3.63, 3.8) is 0 Å². The summed E-state index contributed by atoms with van der Waals surface area (Å²) in [5.74, 6) is 0.214. The largest absolute Gasteiger partial charge is 0.384 e. The Hall–Kier alpha value is -2.54. The molecular formula is C19H13ClFN3OS. The van der Waals surface area contributed by atoms with Crippen molar-refractivity contribution in [3.05, 3.63) is 83.2 Å². The molecule has 0 aliphatic carbocycles. The summed E-state index contributed by atoms with van der Waals surface area (Å²) in [5.41, 5.74) is 1.78. The van der Waals surface area contributed by atoms with Gasteiger partial charge in [-0.25, -0.2) is 9.37 Å². The van der Waals surface area contributed by atoms with E-state index in [1.54, 1.807) is 55.0 Å². The molecule has 0 saturated carbocycles. The van der Waals surface area contributed by atoms with Gasteiger partial charge in [0.25, 0.3) is 0 Å². The zero-order valence-electron chi connectivity index (χ0n) is 13.4. The van der Waals surface area contributed by atoms with Gasteiger partial charge in [0.2, 0.25) is 0 Å². The van der Waals surface area contributed by atoms with Crippen LogP contribution >= 0.6 is 22.9 Å². The van der Waals surface area contributed by atoms with Gasteiger partial charge >= 0.3 is 0 Å². The van der Waals surface area contributed by atoms with Crippen molar-refractivity contribution in [2.45, 2.75) is 6.10 Å². The maximum atomic E-state index is 14.2. The molecule has 0 radical (unpaired) electrons. The van der Waals surface area contributed by atoms with Crippen LogP contribution in [0.3, 0.4) is 0 Å². The number of rotatable bonds is 4. The average Bonchev–Trinajstić information content (AvgIpc) is 3.32. The SMILES string of the molecule is OC(c1ccc(Cl)cc1)c1cc(-c2ccncc2F)sc1-c1ncc[nH]1. The minimum Gasteiger partial charge on any atom is -0.384 e. The number of nitrogens with one attached hydrogen (secondary N) is 1. The third-order valence-electron chi connectivity index (χ3n) is 3.99. The highest BCUT2D eigenvalue weighted by Crippen LogP contribution is 2.42. The molecule has 0 aliphatic rings. The lowest BCUT2D eigenvalue weighted by Gasteiger charge is -2.11. The minimum absolute atomic E-state index is 0.410. The highest BCUT2D eigenvalue weighted by Gasteiger charge is 2.22. The molecule has 0 amide bonds. The molecule has 4 nitrogen and oxygen atoms in total. The summed E-state index contributed by atoms with van der Waals surface area (Å²) in [5, 5.41) is 11.5. The van der Waals surface area contributed by atoms with Crippen LogP contribution in [-0.2, 0) is 0 Å². The van der Waals surface area contributed by atoms with Gasteiger partial charge in [-0.2, -0.15) is 0 Å². The first kappa shape index (κ1) is 16.9. The second-order valence-electron chi connectivity index (χ2n) is 5.64. The number of thiophene rings is 1. The summed E-state index contributed by atoms with van der Waals surface area (Å²) in [4.78, 5) is 12.6. The zero-order valence-corrected chi connectivity index (χ0v) is 14.9. The third kappa shape index (κ3) is 3.14. The number of aromatic amines is 1. The number of aromatic nitrogens is 3. The fourth-order valence-electron chi connectivity index (χ4n) is 2.72. The summed E-state index contributed by atoms with van der Waals surface area (Å²) in [6.45, 7) is 0. The molecule has 7 heteroatoms. The Labute approximate surface area is 158 Å². The van der Waals surface area contributed by atoms with E-state index in [1.807, 2.05) is 0 Å². The van der Waals surface area contributed by atoms with Gasteiger partial charge in [-0.3, -0.25) is 4.98 Å². The summed E-state index contributed by atoms with van der Waals surface area (Å²) in [7, 11) is 0. The molecule has 0 aliphatic heterocycles. The topological polar surface area (TPSA) is 61.8 Å². The van der Waals surface area contributed by atoms with Crippen molar-refractivity contribution in [1.29, 1.82) is 0 Å². The van der Waals surface area contributed by atoms with Gasteiger partial charge < -0.3 is 10.1 Å². The van der Waals surface area contributed by atoms with Gasteiger partial charge in [-0.05, 0) is 29.8 Å². The van der Waals surface area contributed by atoms with Crippen molar-refractivity contribution in [2.24, 2.45) is 0 Å². The molecule has 1 aromatic carbocycles. The smallest absolute Gasteiger partial charge is 0.150 e. The lowest BCUT2D eigenvalue weighted by Crippen LogP contribution is -1.99. The van der Waals surface area contributed by atoms with Gasteiger partial charge in [0.05, 0.1) is 11.1 Å². The second kappa shape index (κ2) is 6.99. The molecule has 3 aromatic heterocycles. The van der Waals surface area contributed by atoms with Gasteiger partial charge in [-0.15, -0.1) is 11.3 Å². The number of benzene rings is 1. The van der Waals surface area contributed by atoms with E-state index in [-0.39, 0.29) is 0 Å². The molecule has 26 heavy (non-hydrogen) atoms. The normalized spacial score (nSPS) is 12.3. The Balaban J connectivity index is 1.85. The van der Waals surface area contributed by atoms with Crippen LogP contribution in [0.5, 0.6) is 0 Å². The maximum absolute atomic E-state index is 14.2. The Bertz CT molecular complexity index is 1030. The van der Waals surface area contributed by atoms with E-state index in [0.29, 0.717) is 32.4 Å². The molecular weight excluding hydrogens is 373 g/mol. The summed E-state index contributed by atoms with van der Waals surface area (Å²) in [6.07, 6.45) is 5.18.